The minimum atomic E-state index is -0.623. The van der Waals surface area contributed by atoms with Gasteiger partial charge in [-0.05, 0) is 18.8 Å². The van der Waals surface area contributed by atoms with E-state index >= 15 is 0 Å². The second-order valence-corrected chi connectivity index (χ2v) is 3.76. The van der Waals surface area contributed by atoms with Gasteiger partial charge in [-0.2, -0.15) is 0 Å². The van der Waals surface area contributed by atoms with E-state index in [2.05, 4.69) is 25.5 Å². The van der Waals surface area contributed by atoms with Crippen molar-refractivity contribution in [3.8, 4) is 0 Å². The van der Waals surface area contributed by atoms with Crippen molar-refractivity contribution in [1.82, 2.24) is 0 Å². The van der Waals surface area contributed by atoms with Gasteiger partial charge in [0.15, 0.2) is 0 Å². The van der Waals surface area contributed by atoms with Gasteiger partial charge in [0.05, 0.1) is 6.61 Å². The molecule has 0 aromatic rings. The van der Waals surface area contributed by atoms with Crippen LogP contribution in [0.4, 0.5) is 4.79 Å². The van der Waals surface area contributed by atoms with Crippen LogP contribution in [0.1, 0.15) is 34.1 Å². The minimum Gasteiger partial charge on any atom is -0.434 e. The Morgan fingerprint density at radius 3 is 2.42 bits per heavy atom. The van der Waals surface area contributed by atoms with Crippen molar-refractivity contribution in [1.29, 1.82) is 0 Å². The maximum Gasteiger partial charge on any atom is 0.508 e. The second kappa shape index (κ2) is 5.01. The molecule has 0 atom stereocenters. The largest absolute Gasteiger partial charge is 0.508 e. The molecule has 12 heavy (non-hydrogen) atoms. The summed E-state index contributed by atoms with van der Waals surface area (Å²) < 4.78 is 9.24. The van der Waals surface area contributed by atoms with Crippen LogP contribution in [0.2, 0.25) is 0 Å². The van der Waals surface area contributed by atoms with E-state index in [0.29, 0.717) is 6.61 Å². The fourth-order valence-corrected chi connectivity index (χ4v) is 0.571. The van der Waals surface area contributed by atoms with E-state index in [0.717, 1.165) is 6.42 Å². The Morgan fingerprint density at radius 2 is 2.00 bits per heavy atom. The summed E-state index contributed by atoms with van der Waals surface area (Å²) >= 11 is 0. The summed E-state index contributed by atoms with van der Waals surface area (Å²) in [5, 5.41) is 0. The van der Waals surface area contributed by atoms with Gasteiger partial charge in [0.2, 0.25) is 0 Å². The normalized spacial score (nSPS) is 11.0. The molecule has 0 spiro atoms. The Labute approximate surface area is 74.0 Å². The zero-order valence-corrected chi connectivity index (χ0v) is 8.22. The van der Waals surface area contributed by atoms with Crippen LogP contribution in [0.3, 0.4) is 0 Å². The molecule has 0 fully saturated rings. The maximum atomic E-state index is 10.7. The molecular formula is C9H17O3. The molecule has 3 heteroatoms. The average molecular weight is 173 g/mol. The van der Waals surface area contributed by atoms with E-state index in [1.807, 2.05) is 0 Å². The molecule has 0 aliphatic heterocycles. The molecule has 3 nitrogen and oxygen atoms in total. The van der Waals surface area contributed by atoms with Crippen LogP contribution in [0.25, 0.3) is 0 Å². The van der Waals surface area contributed by atoms with Crippen molar-refractivity contribution in [3.63, 3.8) is 0 Å². The molecule has 0 amide bonds. The van der Waals surface area contributed by atoms with Gasteiger partial charge in [0, 0.05) is 0 Å². The summed E-state index contributed by atoms with van der Waals surface area (Å²) in [6, 6.07) is 0. The predicted molar refractivity (Wildman–Crippen MR) is 46.5 cm³/mol. The summed E-state index contributed by atoms with van der Waals surface area (Å²) in [4.78, 5) is 10.7. The third kappa shape index (κ3) is 7.38. The molecule has 0 aliphatic carbocycles. The lowest BCUT2D eigenvalue weighted by molar-refractivity contribution is 0.0665. The summed E-state index contributed by atoms with van der Waals surface area (Å²) in [5.74, 6) is 0. The van der Waals surface area contributed by atoms with Crippen molar-refractivity contribution in [3.05, 3.63) is 6.61 Å². The number of rotatable bonds is 3. The average Bonchev–Trinajstić information content (AvgIpc) is 1.84. The van der Waals surface area contributed by atoms with Gasteiger partial charge < -0.3 is 9.47 Å². The monoisotopic (exact) mass is 173 g/mol. The molecule has 0 aliphatic rings. The summed E-state index contributed by atoms with van der Waals surface area (Å²) in [6.45, 7) is 9.62. The van der Waals surface area contributed by atoms with Crippen molar-refractivity contribution in [2.45, 2.75) is 34.1 Å². The quantitative estimate of drug-likeness (QED) is 0.615. The zero-order valence-electron chi connectivity index (χ0n) is 8.22. The highest BCUT2D eigenvalue weighted by Gasteiger charge is 2.11. The van der Waals surface area contributed by atoms with Gasteiger partial charge in [-0.15, -0.1) is 0 Å². The standard InChI is InChI=1S/C9H17O3/c1-5-11-8(10)12-7-6-9(2,3)4/h5H,6-7H2,1-4H3. The first-order valence-corrected chi connectivity index (χ1v) is 4.07. The van der Waals surface area contributed by atoms with Crippen LogP contribution in [0, 0.1) is 12.0 Å². The maximum absolute atomic E-state index is 10.7. The van der Waals surface area contributed by atoms with Crippen molar-refractivity contribution in [2.75, 3.05) is 6.61 Å². The topological polar surface area (TPSA) is 35.5 Å². The molecule has 0 unspecified atom stereocenters. The molecular weight excluding hydrogens is 156 g/mol. The fraction of sp³-hybridized carbons (Fsp3) is 0.778. The first kappa shape index (κ1) is 11.3. The molecule has 0 aromatic carbocycles. The molecule has 0 saturated carbocycles. The summed E-state index contributed by atoms with van der Waals surface area (Å²) in [7, 11) is 0. The van der Waals surface area contributed by atoms with Gasteiger partial charge in [0.25, 0.3) is 0 Å². The first-order valence-electron chi connectivity index (χ1n) is 4.07. The van der Waals surface area contributed by atoms with Crippen LogP contribution >= 0.6 is 0 Å². The van der Waals surface area contributed by atoms with Crippen LogP contribution in [0.5, 0.6) is 0 Å². The first-order chi connectivity index (χ1) is 5.45. The van der Waals surface area contributed by atoms with E-state index in [1.54, 1.807) is 6.92 Å². The molecule has 0 heterocycles. The molecule has 0 bridgehead atoms. The highest BCUT2D eigenvalue weighted by molar-refractivity contribution is 5.60. The highest BCUT2D eigenvalue weighted by atomic mass is 16.7. The third-order valence-electron chi connectivity index (χ3n) is 1.29. The van der Waals surface area contributed by atoms with Crippen LogP contribution < -0.4 is 0 Å². The van der Waals surface area contributed by atoms with Crippen molar-refractivity contribution < 1.29 is 14.3 Å². The highest BCUT2D eigenvalue weighted by Crippen LogP contribution is 2.17. The van der Waals surface area contributed by atoms with Gasteiger partial charge in [0.1, 0.15) is 6.61 Å². The van der Waals surface area contributed by atoms with Gasteiger partial charge in [-0.1, -0.05) is 20.8 Å². The Bertz CT molecular complexity index is 135. The third-order valence-corrected chi connectivity index (χ3v) is 1.29. The summed E-state index contributed by atoms with van der Waals surface area (Å²) in [5.41, 5.74) is 0.191. The minimum absolute atomic E-state index is 0.191. The summed E-state index contributed by atoms with van der Waals surface area (Å²) in [6.07, 6.45) is 0.216. The lowest BCUT2D eigenvalue weighted by Crippen LogP contribution is -2.13. The Balaban J connectivity index is 3.37. The van der Waals surface area contributed by atoms with E-state index in [-0.39, 0.29) is 5.41 Å². The van der Waals surface area contributed by atoms with Crippen LogP contribution in [-0.2, 0) is 9.47 Å². The number of hydrogen-bond donors (Lipinski definition) is 0. The molecule has 0 N–H and O–H groups in total. The Kier molecular flexibility index (Phi) is 4.71. The predicted octanol–water partition coefficient (Wildman–Crippen LogP) is 2.76. The van der Waals surface area contributed by atoms with E-state index < -0.39 is 6.16 Å². The van der Waals surface area contributed by atoms with E-state index in [1.165, 1.54) is 6.61 Å². The van der Waals surface area contributed by atoms with Crippen LogP contribution in [-0.4, -0.2) is 12.8 Å². The van der Waals surface area contributed by atoms with Crippen LogP contribution in [0.15, 0.2) is 0 Å². The van der Waals surface area contributed by atoms with E-state index in [9.17, 15) is 4.79 Å². The lowest BCUT2D eigenvalue weighted by atomic mass is 9.93. The Morgan fingerprint density at radius 1 is 1.42 bits per heavy atom. The molecule has 71 valence electrons. The van der Waals surface area contributed by atoms with Crippen molar-refractivity contribution in [2.24, 2.45) is 5.41 Å². The molecule has 0 aromatic heterocycles. The molecule has 0 saturated heterocycles. The molecule has 1 radical (unpaired) electrons. The Hall–Kier alpha value is -0.730. The number of hydrogen-bond acceptors (Lipinski definition) is 3. The number of carbonyl (C=O) groups is 1. The number of ether oxygens (including phenoxy) is 2. The molecule has 0 rings (SSSR count). The second-order valence-electron chi connectivity index (χ2n) is 3.76. The van der Waals surface area contributed by atoms with E-state index in [4.69, 9.17) is 4.74 Å². The van der Waals surface area contributed by atoms with Gasteiger partial charge >= 0.3 is 6.16 Å². The number of carbonyl (C=O) groups excluding carboxylic acids is 1. The zero-order chi connectivity index (χ0) is 9.61. The van der Waals surface area contributed by atoms with Gasteiger partial charge in [-0.25, -0.2) is 4.79 Å². The lowest BCUT2D eigenvalue weighted by Gasteiger charge is -2.16. The smallest absolute Gasteiger partial charge is 0.434 e. The SMILES string of the molecule is C[CH]OC(=O)OCCC(C)(C)C. The van der Waals surface area contributed by atoms with Crippen molar-refractivity contribution >= 4 is 6.16 Å². The fourth-order valence-electron chi connectivity index (χ4n) is 0.571. The van der Waals surface area contributed by atoms with Gasteiger partial charge in [-0.3, -0.25) is 0 Å².